The van der Waals surface area contributed by atoms with Crippen molar-refractivity contribution in [2.24, 2.45) is 0 Å². The fourth-order valence-electron chi connectivity index (χ4n) is 1.69. The van der Waals surface area contributed by atoms with E-state index < -0.39 is 12.2 Å². The van der Waals surface area contributed by atoms with Crippen molar-refractivity contribution in [1.29, 1.82) is 0 Å². The van der Waals surface area contributed by atoms with E-state index in [0.717, 1.165) is 11.1 Å². The number of aliphatic hydroxyl groups is 2. The third-order valence-electron chi connectivity index (χ3n) is 3.04. The van der Waals surface area contributed by atoms with Gasteiger partial charge in [0, 0.05) is 0 Å². The van der Waals surface area contributed by atoms with E-state index in [0.29, 0.717) is 6.42 Å². The van der Waals surface area contributed by atoms with Gasteiger partial charge in [-0.05, 0) is 48.7 Å². The zero-order valence-corrected chi connectivity index (χ0v) is 12.3. The second-order valence-electron chi connectivity index (χ2n) is 4.78. The van der Waals surface area contributed by atoms with Crippen LogP contribution >= 0.6 is 0 Å². The van der Waals surface area contributed by atoms with Gasteiger partial charge in [-0.25, -0.2) is 0 Å². The SMILES string of the molecule is CC(O)c1ccc(O)cc1.CCC(O)c1ccc(O)cc1. The second-order valence-corrected chi connectivity index (χ2v) is 4.78. The van der Waals surface area contributed by atoms with Gasteiger partial charge in [0.2, 0.25) is 0 Å². The van der Waals surface area contributed by atoms with Crippen LogP contribution in [0.25, 0.3) is 0 Å². The zero-order valence-electron chi connectivity index (χ0n) is 12.3. The molecule has 0 saturated heterocycles. The molecule has 0 aromatic heterocycles. The van der Waals surface area contributed by atoms with Crippen molar-refractivity contribution in [3.8, 4) is 11.5 Å². The summed E-state index contributed by atoms with van der Waals surface area (Å²) >= 11 is 0. The minimum Gasteiger partial charge on any atom is -0.508 e. The molecule has 0 radical (unpaired) electrons. The van der Waals surface area contributed by atoms with Crippen molar-refractivity contribution in [1.82, 2.24) is 0 Å². The Morgan fingerprint density at radius 1 is 0.762 bits per heavy atom. The Bertz CT molecular complexity index is 517. The van der Waals surface area contributed by atoms with Crippen molar-refractivity contribution >= 4 is 0 Å². The first kappa shape index (κ1) is 17.0. The van der Waals surface area contributed by atoms with Crippen molar-refractivity contribution in [3.63, 3.8) is 0 Å². The standard InChI is InChI=1S/C9H12O2.C8H10O2/c1-2-9(11)7-3-5-8(10)6-4-7;1-6(9)7-2-4-8(10)5-3-7/h3-6,9-11H,2H2,1H3;2-6,9-10H,1H3. The fourth-order valence-corrected chi connectivity index (χ4v) is 1.69. The molecule has 2 unspecified atom stereocenters. The molecular weight excluding hydrogens is 268 g/mol. The maximum Gasteiger partial charge on any atom is 0.115 e. The fraction of sp³-hybridized carbons (Fsp3) is 0.294. The summed E-state index contributed by atoms with van der Waals surface area (Å²) in [4.78, 5) is 0. The van der Waals surface area contributed by atoms with Crippen LogP contribution in [0.1, 0.15) is 43.6 Å². The van der Waals surface area contributed by atoms with E-state index in [4.69, 9.17) is 15.3 Å². The molecule has 0 amide bonds. The molecule has 4 nitrogen and oxygen atoms in total. The van der Waals surface area contributed by atoms with E-state index in [9.17, 15) is 5.11 Å². The van der Waals surface area contributed by atoms with Crippen LogP contribution in [0.5, 0.6) is 11.5 Å². The van der Waals surface area contributed by atoms with E-state index in [1.807, 2.05) is 6.92 Å². The molecule has 0 aliphatic carbocycles. The van der Waals surface area contributed by atoms with E-state index in [1.54, 1.807) is 55.5 Å². The summed E-state index contributed by atoms with van der Waals surface area (Å²) < 4.78 is 0. The summed E-state index contributed by atoms with van der Waals surface area (Å²) in [6.07, 6.45) is -0.165. The highest BCUT2D eigenvalue weighted by Crippen LogP contribution is 2.18. The van der Waals surface area contributed by atoms with Gasteiger partial charge in [0.05, 0.1) is 12.2 Å². The number of aromatic hydroxyl groups is 2. The van der Waals surface area contributed by atoms with Crippen LogP contribution in [0.2, 0.25) is 0 Å². The molecule has 0 heterocycles. The average molecular weight is 290 g/mol. The Labute approximate surface area is 124 Å². The van der Waals surface area contributed by atoms with Gasteiger partial charge in [-0.2, -0.15) is 0 Å². The van der Waals surface area contributed by atoms with Gasteiger partial charge in [0.25, 0.3) is 0 Å². The van der Waals surface area contributed by atoms with Crippen LogP contribution in [-0.4, -0.2) is 20.4 Å². The van der Waals surface area contributed by atoms with Crippen molar-refractivity contribution < 1.29 is 20.4 Å². The quantitative estimate of drug-likeness (QED) is 0.699. The molecule has 114 valence electrons. The van der Waals surface area contributed by atoms with E-state index in [2.05, 4.69) is 0 Å². The monoisotopic (exact) mass is 290 g/mol. The molecule has 2 aromatic carbocycles. The molecule has 21 heavy (non-hydrogen) atoms. The predicted octanol–water partition coefficient (Wildman–Crippen LogP) is 3.28. The summed E-state index contributed by atoms with van der Waals surface area (Å²) in [7, 11) is 0. The Morgan fingerprint density at radius 2 is 1.14 bits per heavy atom. The van der Waals surface area contributed by atoms with Gasteiger partial charge in [0.15, 0.2) is 0 Å². The number of phenolic OH excluding ortho intramolecular Hbond substituents is 2. The van der Waals surface area contributed by atoms with Gasteiger partial charge in [-0.1, -0.05) is 31.2 Å². The highest BCUT2D eigenvalue weighted by atomic mass is 16.3. The molecule has 2 aromatic rings. The van der Waals surface area contributed by atoms with E-state index >= 15 is 0 Å². The molecule has 4 heteroatoms. The molecule has 0 bridgehead atoms. The first-order chi connectivity index (χ1) is 9.93. The summed E-state index contributed by atoms with van der Waals surface area (Å²) in [6, 6.07) is 13.1. The first-order valence-electron chi connectivity index (χ1n) is 6.88. The molecular formula is C17H22O4. The lowest BCUT2D eigenvalue weighted by Crippen LogP contribution is -1.93. The molecule has 0 fully saturated rings. The summed E-state index contributed by atoms with van der Waals surface area (Å²) in [5.41, 5.74) is 1.67. The Hall–Kier alpha value is -2.04. The lowest BCUT2D eigenvalue weighted by Gasteiger charge is -2.06. The molecule has 0 aliphatic heterocycles. The number of benzene rings is 2. The maximum atomic E-state index is 9.34. The van der Waals surface area contributed by atoms with Gasteiger partial charge in [-0.3, -0.25) is 0 Å². The van der Waals surface area contributed by atoms with E-state index in [-0.39, 0.29) is 11.5 Å². The Morgan fingerprint density at radius 3 is 1.48 bits per heavy atom. The normalized spacial score (nSPS) is 13.0. The maximum absolute atomic E-state index is 9.34. The molecule has 2 rings (SSSR count). The number of phenols is 2. The van der Waals surface area contributed by atoms with Crippen LogP contribution in [0.15, 0.2) is 48.5 Å². The molecule has 0 aliphatic rings. The molecule has 2 atom stereocenters. The van der Waals surface area contributed by atoms with Crippen molar-refractivity contribution in [2.75, 3.05) is 0 Å². The summed E-state index contributed by atoms with van der Waals surface area (Å²) in [5.74, 6) is 0.460. The van der Waals surface area contributed by atoms with Crippen LogP contribution in [-0.2, 0) is 0 Å². The number of aliphatic hydroxyl groups excluding tert-OH is 2. The number of hydrogen-bond acceptors (Lipinski definition) is 4. The third kappa shape index (κ3) is 5.85. The average Bonchev–Trinajstić information content (AvgIpc) is 2.48. The van der Waals surface area contributed by atoms with Gasteiger partial charge in [0.1, 0.15) is 11.5 Å². The topological polar surface area (TPSA) is 80.9 Å². The van der Waals surface area contributed by atoms with Crippen LogP contribution < -0.4 is 0 Å². The predicted molar refractivity (Wildman–Crippen MR) is 82.1 cm³/mol. The summed E-state index contributed by atoms with van der Waals surface area (Å²) in [5, 5.41) is 36.2. The molecule has 0 spiro atoms. The highest BCUT2D eigenvalue weighted by Gasteiger charge is 2.02. The minimum atomic E-state index is -0.458. The minimum absolute atomic E-state index is 0.226. The van der Waals surface area contributed by atoms with Gasteiger partial charge >= 0.3 is 0 Å². The third-order valence-corrected chi connectivity index (χ3v) is 3.04. The van der Waals surface area contributed by atoms with Gasteiger partial charge in [-0.15, -0.1) is 0 Å². The van der Waals surface area contributed by atoms with Gasteiger partial charge < -0.3 is 20.4 Å². The lowest BCUT2D eigenvalue weighted by molar-refractivity contribution is 0.173. The molecule has 0 saturated carbocycles. The highest BCUT2D eigenvalue weighted by molar-refractivity contribution is 5.27. The van der Waals surface area contributed by atoms with Crippen molar-refractivity contribution in [3.05, 3.63) is 59.7 Å². The second kappa shape index (κ2) is 8.29. The summed E-state index contributed by atoms with van der Waals surface area (Å²) in [6.45, 7) is 3.60. The number of hydrogen-bond donors (Lipinski definition) is 4. The Balaban J connectivity index is 0.000000211. The van der Waals surface area contributed by atoms with Crippen LogP contribution in [0, 0.1) is 0 Å². The Kier molecular flexibility index (Phi) is 6.72. The van der Waals surface area contributed by atoms with Crippen LogP contribution in [0.3, 0.4) is 0 Å². The van der Waals surface area contributed by atoms with Crippen LogP contribution in [0.4, 0.5) is 0 Å². The lowest BCUT2D eigenvalue weighted by atomic mass is 10.1. The van der Waals surface area contributed by atoms with E-state index in [1.165, 1.54) is 0 Å². The largest absolute Gasteiger partial charge is 0.508 e. The molecule has 4 N–H and O–H groups in total. The smallest absolute Gasteiger partial charge is 0.115 e. The van der Waals surface area contributed by atoms with Crippen molar-refractivity contribution in [2.45, 2.75) is 32.5 Å². The zero-order chi connectivity index (χ0) is 15.8. The first-order valence-corrected chi connectivity index (χ1v) is 6.88. The number of rotatable bonds is 3.